The van der Waals surface area contributed by atoms with Gasteiger partial charge in [0, 0.05) is 36.1 Å². The van der Waals surface area contributed by atoms with Gasteiger partial charge < -0.3 is 10.5 Å². The summed E-state index contributed by atoms with van der Waals surface area (Å²) in [6.07, 6.45) is 0. The van der Waals surface area contributed by atoms with Gasteiger partial charge in [-0.25, -0.2) is 12.8 Å². The molecule has 148 valence electrons. The van der Waals surface area contributed by atoms with Crippen molar-refractivity contribution < 1.29 is 17.5 Å². The largest absolute Gasteiger partial charge is 0.493 e. The summed E-state index contributed by atoms with van der Waals surface area (Å²) < 4.78 is 46.1. The molecule has 2 N–H and O–H groups in total. The van der Waals surface area contributed by atoms with Gasteiger partial charge in [0.15, 0.2) is 0 Å². The van der Waals surface area contributed by atoms with Crippen molar-refractivity contribution in [2.75, 3.05) is 26.2 Å². The molecule has 0 atom stereocenters. The predicted molar refractivity (Wildman–Crippen MR) is 103 cm³/mol. The Morgan fingerprint density at radius 1 is 1.25 bits per heavy atom. The van der Waals surface area contributed by atoms with E-state index in [4.69, 9.17) is 38.9 Å². The number of halogens is 3. The molecule has 2 aromatic carbocycles. The number of ether oxygens (including phenoxy) is 1. The summed E-state index contributed by atoms with van der Waals surface area (Å²) in [5.74, 6) is -0.441. The Balaban J connectivity index is 1.69. The van der Waals surface area contributed by atoms with Crippen molar-refractivity contribution in [2.45, 2.75) is 4.90 Å². The monoisotopic (exact) mass is 443 g/mol. The third-order valence-electron chi connectivity index (χ3n) is 4.57. The zero-order valence-corrected chi connectivity index (χ0v) is 16.9. The maximum absolute atomic E-state index is 13.7. The average Bonchev–Trinajstić information content (AvgIpc) is 2.60. The van der Waals surface area contributed by atoms with E-state index < -0.39 is 21.3 Å². The highest BCUT2D eigenvalue weighted by Gasteiger charge is 2.48. The van der Waals surface area contributed by atoms with Crippen molar-refractivity contribution in [1.29, 1.82) is 5.26 Å². The fourth-order valence-electron chi connectivity index (χ4n) is 2.89. The second-order valence-corrected chi connectivity index (χ2v) is 9.34. The van der Waals surface area contributed by atoms with E-state index in [-0.39, 0.29) is 47.5 Å². The number of hydrogen-bond acceptors (Lipinski definition) is 5. The van der Waals surface area contributed by atoms with Crippen LogP contribution in [0.3, 0.4) is 0 Å². The van der Waals surface area contributed by atoms with Gasteiger partial charge in [-0.05, 0) is 30.3 Å². The van der Waals surface area contributed by atoms with Gasteiger partial charge in [0.25, 0.3) is 0 Å². The highest BCUT2D eigenvalue weighted by molar-refractivity contribution is 7.89. The first-order valence-electron chi connectivity index (χ1n) is 8.18. The van der Waals surface area contributed by atoms with Crippen molar-refractivity contribution in [3.05, 3.63) is 57.8 Å². The van der Waals surface area contributed by atoms with E-state index in [1.165, 1.54) is 34.6 Å². The highest BCUT2D eigenvalue weighted by Crippen LogP contribution is 2.37. The quantitative estimate of drug-likeness (QED) is 0.739. The van der Waals surface area contributed by atoms with Crippen LogP contribution in [0.4, 0.5) is 4.39 Å². The minimum Gasteiger partial charge on any atom is -0.493 e. The Kier molecular flexibility index (Phi) is 5.84. The zero-order valence-electron chi connectivity index (χ0n) is 14.5. The van der Waals surface area contributed by atoms with E-state index in [1.807, 2.05) is 0 Å². The van der Waals surface area contributed by atoms with Crippen LogP contribution in [0.5, 0.6) is 5.75 Å². The lowest BCUT2D eigenvalue weighted by atomic mass is 9.83. The van der Waals surface area contributed by atoms with Gasteiger partial charge >= 0.3 is 0 Å². The summed E-state index contributed by atoms with van der Waals surface area (Å²) in [5.41, 5.74) is 5.16. The molecule has 0 bridgehead atoms. The van der Waals surface area contributed by atoms with Crippen LogP contribution in [0, 0.1) is 22.6 Å². The average molecular weight is 444 g/mol. The SMILES string of the molecule is N#Cc1ccc(OCC2(CN)CN(S(=O)(=O)c3ccc(Cl)cc3Cl)C2)cc1F. The number of nitriles is 1. The molecular formula is C18H16Cl2FN3O3S. The molecule has 10 heteroatoms. The second kappa shape index (κ2) is 7.85. The van der Waals surface area contributed by atoms with E-state index in [0.717, 1.165) is 6.07 Å². The van der Waals surface area contributed by atoms with Crippen LogP contribution in [-0.4, -0.2) is 39.0 Å². The maximum Gasteiger partial charge on any atom is 0.244 e. The molecule has 0 amide bonds. The molecule has 1 fully saturated rings. The molecular weight excluding hydrogens is 428 g/mol. The van der Waals surface area contributed by atoms with Crippen molar-refractivity contribution >= 4 is 33.2 Å². The molecule has 1 heterocycles. The van der Waals surface area contributed by atoms with E-state index in [9.17, 15) is 12.8 Å². The first-order valence-corrected chi connectivity index (χ1v) is 10.4. The molecule has 3 rings (SSSR count). The molecule has 0 aliphatic carbocycles. The molecule has 6 nitrogen and oxygen atoms in total. The molecule has 0 spiro atoms. The normalized spacial score (nSPS) is 16.2. The third-order valence-corrected chi connectivity index (χ3v) is 7.08. The van der Waals surface area contributed by atoms with Crippen LogP contribution in [0.25, 0.3) is 0 Å². The second-order valence-electron chi connectivity index (χ2n) is 6.59. The van der Waals surface area contributed by atoms with Crippen LogP contribution >= 0.6 is 23.2 Å². The summed E-state index contributed by atoms with van der Waals surface area (Å²) >= 11 is 11.8. The number of benzene rings is 2. The van der Waals surface area contributed by atoms with Crippen molar-refractivity contribution in [3.8, 4) is 11.8 Å². The van der Waals surface area contributed by atoms with Crippen LogP contribution < -0.4 is 10.5 Å². The first-order chi connectivity index (χ1) is 13.2. The Morgan fingerprint density at radius 3 is 2.54 bits per heavy atom. The molecule has 1 saturated heterocycles. The maximum atomic E-state index is 13.7. The summed E-state index contributed by atoms with van der Waals surface area (Å²) in [6, 6.07) is 9.83. The highest BCUT2D eigenvalue weighted by atomic mass is 35.5. The number of nitrogens with zero attached hydrogens (tertiary/aromatic N) is 2. The van der Waals surface area contributed by atoms with Gasteiger partial charge in [-0.2, -0.15) is 9.57 Å². The lowest BCUT2D eigenvalue weighted by Gasteiger charge is -2.48. The third kappa shape index (κ3) is 3.95. The summed E-state index contributed by atoms with van der Waals surface area (Å²) in [6.45, 7) is 0.578. The van der Waals surface area contributed by atoms with Crippen LogP contribution in [0.1, 0.15) is 5.56 Å². The Labute approximate surface area is 172 Å². The molecule has 28 heavy (non-hydrogen) atoms. The van der Waals surface area contributed by atoms with Crippen molar-refractivity contribution in [3.63, 3.8) is 0 Å². The Hall–Kier alpha value is -1.89. The molecule has 0 saturated carbocycles. The van der Waals surface area contributed by atoms with Gasteiger partial charge in [0.1, 0.15) is 22.5 Å². The van der Waals surface area contributed by atoms with Gasteiger partial charge in [0.2, 0.25) is 10.0 Å². The predicted octanol–water partition coefficient (Wildman–Crippen LogP) is 3.03. The lowest BCUT2D eigenvalue weighted by molar-refractivity contribution is 0.0269. The number of rotatable bonds is 6. The molecule has 0 radical (unpaired) electrons. The minimum atomic E-state index is -3.79. The van der Waals surface area contributed by atoms with E-state index in [0.29, 0.717) is 5.02 Å². The van der Waals surface area contributed by atoms with E-state index >= 15 is 0 Å². The Morgan fingerprint density at radius 2 is 1.96 bits per heavy atom. The smallest absolute Gasteiger partial charge is 0.244 e. The zero-order chi connectivity index (χ0) is 20.5. The Bertz CT molecular complexity index is 1050. The van der Waals surface area contributed by atoms with Gasteiger partial charge in [-0.3, -0.25) is 0 Å². The summed E-state index contributed by atoms with van der Waals surface area (Å²) in [7, 11) is -3.79. The topological polar surface area (TPSA) is 96.4 Å². The minimum absolute atomic E-state index is 0.0285. The number of hydrogen-bond donors (Lipinski definition) is 1. The van der Waals surface area contributed by atoms with E-state index in [1.54, 1.807) is 6.07 Å². The number of nitrogens with two attached hydrogens (primary N) is 1. The summed E-state index contributed by atoms with van der Waals surface area (Å²) in [5, 5.41) is 9.14. The van der Waals surface area contributed by atoms with Crippen LogP contribution in [0.2, 0.25) is 10.0 Å². The molecule has 0 aromatic heterocycles. The molecule has 1 aliphatic heterocycles. The fourth-order valence-corrected chi connectivity index (χ4v) is 5.30. The number of sulfonamides is 1. The van der Waals surface area contributed by atoms with Crippen molar-refractivity contribution in [2.24, 2.45) is 11.1 Å². The lowest BCUT2D eigenvalue weighted by Crippen LogP contribution is -2.63. The van der Waals surface area contributed by atoms with Crippen molar-refractivity contribution in [1.82, 2.24) is 4.31 Å². The van der Waals surface area contributed by atoms with Gasteiger partial charge in [-0.15, -0.1) is 0 Å². The van der Waals surface area contributed by atoms with Crippen LogP contribution in [0.15, 0.2) is 41.3 Å². The van der Waals surface area contributed by atoms with Gasteiger partial charge in [-0.1, -0.05) is 23.2 Å². The summed E-state index contributed by atoms with van der Waals surface area (Å²) in [4.78, 5) is -0.0285. The van der Waals surface area contributed by atoms with Gasteiger partial charge in [0.05, 0.1) is 17.2 Å². The standard InChI is InChI=1S/C18H16Cl2FN3O3S/c19-13-2-4-17(15(20)5-13)28(25,26)24-9-18(8-23,10-24)11-27-14-3-1-12(7-22)16(21)6-14/h1-6H,8-11,23H2. The van der Waals surface area contributed by atoms with E-state index in [2.05, 4.69) is 0 Å². The fraction of sp³-hybridized carbons (Fsp3) is 0.278. The first kappa shape index (κ1) is 20.8. The molecule has 1 aliphatic rings. The van der Waals surface area contributed by atoms with Crippen LogP contribution in [-0.2, 0) is 10.0 Å². The molecule has 0 unspecified atom stereocenters. The molecule has 2 aromatic rings.